The molecule has 2 aromatic carbocycles. The summed E-state index contributed by atoms with van der Waals surface area (Å²) in [6, 6.07) is 17.1. The lowest BCUT2D eigenvalue weighted by Crippen LogP contribution is -2.38. The Hall–Kier alpha value is -2.37. The van der Waals surface area contributed by atoms with Crippen LogP contribution in [0.25, 0.3) is 10.1 Å². The van der Waals surface area contributed by atoms with Crippen LogP contribution >= 0.6 is 11.3 Å². The fourth-order valence-corrected chi connectivity index (χ4v) is 3.83. The highest BCUT2D eigenvalue weighted by atomic mass is 32.1. The molecule has 27 heavy (non-hydrogen) atoms. The van der Waals surface area contributed by atoms with E-state index >= 15 is 0 Å². The molecule has 0 saturated heterocycles. The monoisotopic (exact) mass is 383 g/mol. The first-order chi connectivity index (χ1) is 13.0. The number of amides is 1. The zero-order valence-corrected chi connectivity index (χ0v) is 16.5. The maximum absolute atomic E-state index is 12.4. The van der Waals surface area contributed by atoms with Gasteiger partial charge in [-0.25, -0.2) is 0 Å². The van der Waals surface area contributed by atoms with Crippen molar-refractivity contribution in [3.8, 4) is 5.75 Å². The first-order valence-electron chi connectivity index (χ1n) is 9.22. The standard InChI is InChI=1S/C22H25NO3S/c1-3-4-13-26-18-11-9-16(10-12-18)21(24)23-15-22(2,25)20-14-17-7-5-6-8-19(17)27-20/h5-12,14,25H,3-4,13,15H2,1-2H3,(H,23,24). The molecule has 1 heterocycles. The van der Waals surface area contributed by atoms with Gasteiger partial charge in [0.15, 0.2) is 0 Å². The van der Waals surface area contributed by atoms with Crippen LogP contribution in [-0.2, 0) is 5.60 Å². The van der Waals surface area contributed by atoms with Crippen LogP contribution in [0.3, 0.4) is 0 Å². The molecule has 1 amide bonds. The zero-order chi connectivity index (χ0) is 19.3. The van der Waals surface area contributed by atoms with Gasteiger partial charge in [-0.2, -0.15) is 0 Å². The van der Waals surface area contributed by atoms with Crippen LogP contribution in [0.5, 0.6) is 5.75 Å². The molecule has 1 unspecified atom stereocenters. The van der Waals surface area contributed by atoms with Crippen molar-refractivity contribution >= 4 is 27.3 Å². The van der Waals surface area contributed by atoms with Gasteiger partial charge >= 0.3 is 0 Å². The minimum absolute atomic E-state index is 0.146. The summed E-state index contributed by atoms with van der Waals surface area (Å²) in [6.07, 6.45) is 2.09. The van der Waals surface area contributed by atoms with E-state index in [2.05, 4.69) is 12.2 Å². The minimum Gasteiger partial charge on any atom is -0.494 e. The van der Waals surface area contributed by atoms with Crippen molar-refractivity contribution in [1.82, 2.24) is 5.32 Å². The van der Waals surface area contributed by atoms with Gasteiger partial charge in [0, 0.05) is 15.1 Å². The van der Waals surface area contributed by atoms with E-state index in [1.807, 2.05) is 30.3 Å². The number of hydrogen-bond acceptors (Lipinski definition) is 4. The number of benzene rings is 2. The molecule has 5 heteroatoms. The number of carbonyl (C=O) groups excluding carboxylic acids is 1. The second-order valence-corrected chi connectivity index (χ2v) is 7.92. The number of thiophene rings is 1. The molecular formula is C22H25NO3S. The molecule has 0 aliphatic rings. The maximum atomic E-state index is 12.4. The number of carbonyl (C=O) groups is 1. The van der Waals surface area contributed by atoms with Gasteiger partial charge in [-0.05, 0) is 55.1 Å². The molecule has 0 fully saturated rings. The van der Waals surface area contributed by atoms with Gasteiger partial charge in [-0.15, -0.1) is 11.3 Å². The maximum Gasteiger partial charge on any atom is 0.251 e. The molecule has 1 aromatic heterocycles. The van der Waals surface area contributed by atoms with Crippen molar-refractivity contribution in [3.63, 3.8) is 0 Å². The number of rotatable bonds is 8. The molecule has 0 saturated carbocycles. The number of unbranched alkanes of at least 4 members (excludes halogenated alkanes) is 1. The van der Waals surface area contributed by atoms with E-state index in [0.717, 1.165) is 33.6 Å². The predicted molar refractivity (Wildman–Crippen MR) is 111 cm³/mol. The molecule has 2 N–H and O–H groups in total. The third-order valence-electron chi connectivity index (χ3n) is 4.43. The van der Waals surface area contributed by atoms with Crippen molar-refractivity contribution in [3.05, 3.63) is 65.0 Å². The summed E-state index contributed by atoms with van der Waals surface area (Å²) < 4.78 is 6.73. The Morgan fingerprint density at radius 1 is 1.19 bits per heavy atom. The van der Waals surface area contributed by atoms with Crippen LogP contribution in [0.1, 0.15) is 41.9 Å². The summed E-state index contributed by atoms with van der Waals surface area (Å²) in [4.78, 5) is 13.2. The molecule has 0 bridgehead atoms. The van der Waals surface area contributed by atoms with E-state index in [-0.39, 0.29) is 12.5 Å². The van der Waals surface area contributed by atoms with E-state index in [1.54, 1.807) is 42.5 Å². The van der Waals surface area contributed by atoms with Crippen LogP contribution in [0.2, 0.25) is 0 Å². The van der Waals surface area contributed by atoms with Crippen molar-refractivity contribution in [1.29, 1.82) is 0 Å². The highest BCUT2D eigenvalue weighted by Gasteiger charge is 2.26. The SMILES string of the molecule is CCCCOc1ccc(C(=O)NCC(C)(O)c2cc3ccccc3s2)cc1. The van der Waals surface area contributed by atoms with E-state index in [9.17, 15) is 9.90 Å². The van der Waals surface area contributed by atoms with Gasteiger partial charge in [0.1, 0.15) is 11.4 Å². The first kappa shape index (κ1) is 19.4. The van der Waals surface area contributed by atoms with Gasteiger partial charge in [-0.1, -0.05) is 31.5 Å². The molecule has 0 spiro atoms. The van der Waals surface area contributed by atoms with E-state index in [0.29, 0.717) is 12.2 Å². The Labute approximate surface area is 163 Å². The normalized spacial score (nSPS) is 13.3. The fourth-order valence-electron chi connectivity index (χ4n) is 2.73. The molecular weight excluding hydrogens is 358 g/mol. The van der Waals surface area contributed by atoms with Crippen LogP contribution in [-0.4, -0.2) is 24.2 Å². The number of nitrogens with one attached hydrogen (secondary N) is 1. The lowest BCUT2D eigenvalue weighted by Gasteiger charge is -2.22. The lowest BCUT2D eigenvalue weighted by atomic mass is 10.0. The average Bonchev–Trinajstić information content (AvgIpc) is 3.12. The Morgan fingerprint density at radius 2 is 1.93 bits per heavy atom. The molecule has 3 aromatic rings. The Kier molecular flexibility index (Phi) is 6.14. The predicted octanol–water partition coefficient (Wildman–Crippen LogP) is 4.72. The number of aliphatic hydroxyl groups is 1. The summed E-state index contributed by atoms with van der Waals surface area (Å²) in [5, 5.41) is 14.8. The Balaban J connectivity index is 1.60. The van der Waals surface area contributed by atoms with Crippen molar-refractivity contribution in [2.45, 2.75) is 32.3 Å². The number of hydrogen-bond donors (Lipinski definition) is 2. The van der Waals surface area contributed by atoms with E-state index in [1.165, 1.54) is 0 Å². The van der Waals surface area contributed by atoms with Gasteiger partial charge in [0.05, 0.1) is 13.2 Å². The van der Waals surface area contributed by atoms with Gasteiger partial charge in [0.2, 0.25) is 0 Å². The van der Waals surface area contributed by atoms with E-state index < -0.39 is 5.60 Å². The second kappa shape index (κ2) is 8.55. The summed E-state index contributed by atoms with van der Waals surface area (Å²) in [7, 11) is 0. The summed E-state index contributed by atoms with van der Waals surface area (Å²) in [6.45, 7) is 4.67. The highest BCUT2D eigenvalue weighted by molar-refractivity contribution is 7.19. The third kappa shape index (κ3) is 4.87. The largest absolute Gasteiger partial charge is 0.494 e. The van der Waals surface area contributed by atoms with Crippen LogP contribution in [0, 0.1) is 0 Å². The quantitative estimate of drug-likeness (QED) is 0.554. The molecule has 1 atom stereocenters. The minimum atomic E-state index is -1.12. The molecule has 142 valence electrons. The Morgan fingerprint density at radius 3 is 2.63 bits per heavy atom. The molecule has 4 nitrogen and oxygen atoms in total. The number of ether oxygens (including phenoxy) is 1. The van der Waals surface area contributed by atoms with E-state index in [4.69, 9.17) is 4.74 Å². The molecule has 0 aliphatic heterocycles. The average molecular weight is 384 g/mol. The topological polar surface area (TPSA) is 58.6 Å². The van der Waals surface area contributed by atoms with Crippen molar-refractivity contribution in [2.75, 3.05) is 13.2 Å². The fraction of sp³-hybridized carbons (Fsp3) is 0.318. The van der Waals surface area contributed by atoms with Crippen LogP contribution < -0.4 is 10.1 Å². The van der Waals surface area contributed by atoms with Crippen molar-refractivity contribution in [2.24, 2.45) is 0 Å². The summed E-state index contributed by atoms with van der Waals surface area (Å²) in [5.41, 5.74) is -0.576. The van der Waals surface area contributed by atoms with Gasteiger partial charge in [-0.3, -0.25) is 4.79 Å². The second-order valence-electron chi connectivity index (χ2n) is 6.83. The van der Waals surface area contributed by atoms with Gasteiger partial charge in [0.25, 0.3) is 5.91 Å². The van der Waals surface area contributed by atoms with Gasteiger partial charge < -0.3 is 15.2 Å². The van der Waals surface area contributed by atoms with Crippen LogP contribution in [0.4, 0.5) is 0 Å². The molecule has 3 rings (SSSR count). The smallest absolute Gasteiger partial charge is 0.251 e. The third-order valence-corrected chi connectivity index (χ3v) is 5.80. The summed E-state index contributed by atoms with van der Waals surface area (Å²) >= 11 is 1.55. The van der Waals surface area contributed by atoms with Crippen molar-refractivity contribution < 1.29 is 14.6 Å². The molecule has 0 aliphatic carbocycles. The zero-order valence-electron chi connectivity index (χ0n) is 15.7. The number of fused-ring (bicyclic) bond motifs is 1. The van der Waals surface area contributed by atoms with Crippen LogP contribution in [0.15, 0.2) is 54.6 Å². The Bertz CT molecular complexity index is 866. The summed E-state index contributed by atoms with van der Waals surface area (Å²) in [5.74, 6) is 0.550. The first-order valence-corrected chi connectivity index (χ1v) is 10.0. The molecule has 0 radical (unpaired) electrons. The lowest BCUT2D eigenvalue weighted by molar-refractivity contribution is 0.0557. The highest BCUT2D eigenvalue weighted by Crippen LogP contribution is 2.32.